The summed E-state index contributed by atoms with van der Waals surface area (Å²) in [6, 6.07) is 14.2. The largest absolute Gasteiger partial charge is 0.269 e. The van der Waals surface area contributed by atoms with Crippen molar-refractivity contribution in [1.82, 2.24) is 4.98 Å². The van der Waals surface area contributed by atoms with Crippen molar-refractivity contribution in [2.75, 3.05) is 9.80 Å². The number of aromatic nitrogens is 1. The lowest BCUT2D eigenvalue weighted by molar-refractivity contribution is -0.121. The van der Waals surface area contributed by atoms with Crippen molar-refractivity contribution < 1.29 is 19.2 Å². The molecule has 0 saturated carbocycles. The van der Waals surface area contributed by atoms with Crippen molar-refractivity contribution >= 4 is 46.3 Å². The van der Waals surface area contributed by atoms with Crippen LogP contribution in [-0.4, -0.2) is 28.6 Å². The van der Waals surface area contributed by atoms with E-state index in [1.165, 1.54) is 35.6 Å². The highest BCUT2D eigenvalue weighted by Crippen LogP contribution is 2.34. The molecule has 0 N–H and O–H groups in total. The molecule has 2 aromatic carbocycles. The number of carbonyl (C=O) groups excluding carboxylic acids is 4. The molecule has 0 spiro atoms. The standard InChI is InChI=1S/C23H13N3O4S/c27-19-9-10-20(28)25(19)16-5-1-14(2-6-16)18-13-24-23(31-18)15-3-7-17(8-4-15)26-21(29)11-12-22(26)30/h1-13H. The Morgan fingerprint density at radius 1 is 0.581 bits per heavy atom. The van der Waals surface area contributed by atoms with E-state index in [0.29, 0.717) is 11.4 Å². The molecule has 2 aliphatic heterocycles. The molecule has 4 amide bonds. The number of carbonyl (C=O) groups is 4. The van der Waals surface area contributed by atoms with E-state index < -0.39 is 0 Å². The predicted molar refractivity (Wildman–Crippen MR) is 116 cm³/mol. The summed E-state index contributed by atoms with van der Waals surface area (Å²) in [5.41, 5.74) is 2.81. The number of amides is 4. The van der Waals surface area contributed by atoms with E-state index in [2.05, 4.69) is 4.98 Å². The fourth-order valence-electron chi connectivity index (χ4n) is 3.38. The van der Waals surface area contributed by atoms with Gasteiger partial charge in [-0.2, -0.15) is 0 Å². The Bertz CT molecular complexity index is 1170. The molecule has 0 unspecified atom stereocenters. The summed E-state index contributed by atoms with van der Waals surface area (Å²) in [4.78, 5) is 54.9. The number of hydrogen-bond donors (Lipinski definition) is 0. The van der Waals surface area contributed by atoms with E-state index in [0.717, 1.165) is 30.8 Å². The van der Waals surface area contributed by atoms with Crippen LogP contribution in [0.5, 0.6) is 0 Å². The SMILES string of the molecule is O=C1C=CC(=O)N1c1ccc(-c2cnc(-c3ccc(N4C(=O)C=CC4=O)cc3)s2)cc1. The van der Waals surface area contributed by atoms with Gasteiger partial charge in [-0.1, -0.05) is 12.1 Å². The molecule has 3 aromatic rings. The van der Waals surface area contributed by atoms with Gasteiger partial charge >= 0.3 is 0 Å². The summed E-state index contributed by atoms with van der Waals surface area (Å²) in [5.74, 6) is -1.42. The first-order valence-corrected chi connectivity index (χ1v) is 10.1. The van der Waals surface area contributed by atoms with Gasteiger partial charge in [0.05, 0.1) is 16.3 Å². The molecule has 0 aliphatic carbocycles. The summed E-state index contributed by atoms with van der Waals surface area (Å²) in [5, 5.41) is 0.789. The van der Waals surface area contributed by atoms with Gasteiger partial charge < -0.3 is 0 Å². The van der Waals surface area contributed by atoms with Crippen LogP contribution < -0.4 is 9.80 Å². The quantitative estimate of drug-likeness (QED) is 0.596. The van der Waals surface area contributed by atoms with E-state index >= 15 is 0 Å². The molecular weight excluding hydrogens is 414 g/mol. The van der Waals surface area contributed by atoms with Crippen LogP contribution in [0.15, 0.2) is 79.0 Å². The first kappa shape index (κ1) is 18.8. The molecule has 3 heterocycles. The molecule has 7 nitrogen and oxygen atoms in total. The minimum atomic E-state index is -0.356. The maximum atomic E-state index is 11.8. The Labute approximate surface area is 180 Å². The molecule has 5 rings (SSSR count). The van der Waals surface area contributed by atoms with E-state index in [-0.39, 0.29) is 23.6 Å². The zero-order chi connectivity index (χ0) is 21.5. The highest BCUT2D eigenvalue weighted by molar-refractivity contribution is 7.18. The van der Waals surface area contributed by atoms with Crippen LogP contribution in [0.4, 0.5) is 11.4 Å². The van der Waals surface area contributed by atoms with E-state index in [1.54, 1.807) is 30.5 Å². The summed E-state index contributed by atoms with van der Waals surface area (Å²) >= 11 is 1.49. The van der Waals surface area contributed by atoms with Crippen molar-refractivity contribution in [3.8, 4) is 21.0 Å². The van der Waals surface area contributed by atoms with Gasteiger partial charge in [0.1, 0.15) is 5.01 Å². The van der Waals surface area contributed by atoms with Crippen molar-refractivity contribution in [3.63, 3.8) is 0 Å². The van der Waals surface area contributed by atoms with Gasteiger partial charge in [0.15, 0.2) is 0 Å². The Morgan fingerprint density at radius 2 is 1.00 bits per heavy atom. The number of imide groups is 2. The summed E-state index contributed by atoms with van der Waals surface area (Å²) in [6.07, 6.45) is 6.77. The number of benzene rings is 2. The molecule has 2 aliphatic rings. The molecule has 0 saturated heterocycles. The Morgan fingerprint density at radius 3 is 1.45 bits per heavy atom. The van der Waals surface area contributed by atoms with Crippen molar-refractivity contribution in [3.05, 3.63) is 79.0 Å². The third-order valence-corrected chi connectivity index (χ3v) is 6.00. The lowest BCUT2D eigenvalue weighted by Gasteiger charge is -2.14. The van der Waals surface area contributed by atoms with Gasteiger partial charge in [-0.25, -0.2) is 14.8 Å². The van der Waals surface area contributed by atoms with Crippen LogP contribution in [-0.2, 0) is 19.2 Å². The molecule has 8 heteroatoms. The first-order chi connectivity index (χ1) is 15.0. The highest BCUT2D eigenvalue weighted by atomic mass is 32.1. The Kier molecular flexibility index (Phi) is 4.41. The van der Waals surface area contributed by atoms with Gasteiger partial charge in [0.25, 0.3) is 23.6 Å². The minimum absolute atomic E-state index is 0.352. The van der Waals surface area contributed by atoms with Crippen molar-refractivity contribution in [2.24, 2.45) is 0 Å². The number of anilines is 2. The van der Waals surface area contributed by atoms with Gasteiger partial charge in [0, 0.05) is 36.1 Å². The summed E-state index contributed by atoms with van der Waals surface area (Å²) in [7, 11) is 0. The van der Waals surface area contributed by atoms with Crippen LogP contribution in [0.1, 0.15) is 0 Å². The molecule has 0 radical (unpaired) electrons. The monoisotopic (exact) mass is 427 g/mol. The second-order valence-electron chi connectivity index (χ2n) is 6.81. The number of hydrogen-bond acceptors (Lipinski definition) is 6. The lowest BCUT2D eigenvalue weighted by Crippen LogP contribution is -2.29. The zero-order valence-electron chi connectivity index (χ0n) is 15.9. The molecule has 0 atom stereocenters. The van der Waals surface area contributed by atoms with Crippen LogP contribution >= 0.6 is 11.3 Å². The van der Waals surface area contributed by atoms with E-state index in [1.807, 2.05) is 24.3 Å². The molecule has 1 aromatic heterocycles. The average Bonchev–Trinajstić information content (AvgIpc) is 3.48. The normalized spacial score (nSPS) is 15.6. The Balaban J connectivity index is 1.35. The van der Waals surface area contributed by atoms with Crippen molar-refractivity contribution in [1.29, 1.82) is 0 Å². The molecule has 150 valence electrons. The second kappa shape index (κ2) is 7.26. The van der Waals surface area contributed by atoms with Crippen LogP contribution in [0.3, 0.4) is 0 Å². The first-order valence-electron chi connectivity index (χ1n) is 9.30. The number of rotatable bonds is 4. The lowest BCUT2D eigenvalue weighted by atomic mass is 10.2. The van der Waals surface area contributed by atoms with E-state index in [4.69, 9.17) is 0 Å². The van der Waals surface area contributed by atoms with E-state index in [9.17, 15) is 19.2 Å². The summed E-state index contributed by atoms with van der Waals surface area (Å²) in [6.45, 7) is 0. The molecule has 0 bridgehead atoms. The fraction of sp³-hybridized carbons (Fsp3) is 0. The van der Waals surface area contributed by atoms with Gasteiger partial charge in [-0.3, -0.25) is 19.2 Å². The minimum Gasteiger partial charge on any atom is -0.269 e. The smallest absolute Gasteiger partial charge is 0.258 e. The van der Waals surface area contributed by atoms with Crippen LogP contribution in [0, 0.1) is 0 Å². The number of nitrogens with zero attached hydrogens (tertiary/aromatic N) is 3. The highest BCUT2D eigenvalue weighted by Gasteiger charge is 2.26. The zero-order valence-corrected chi connectivity index (χ0v) is 16.7. The van der Waals surface area contributed by atoms with Crippen LogP contribution in [0.25, 0.3) is 21.0 Å². The molecule has 31 heavy (non-hydrogen) atoms. The van der Waals surface area contributed by atoms with Crippen molar-refractivity contribution in [2.45, 2.75) is 0 Å². The molecular formula is C23H13N3O4S. The molecule has 0 fully saturated rings. The third kappa shape index (κ3) is 3.28. The fourth-order valence-corrected chi connectivity index (χ4v) is 4.31. The van der Waals surface area contributed by atoms with Gasteiger partial charge in [0.2, 0.25) is 0 Å². The summed E-state index contributed by atoms with van der Waals surface area (Å²) < 4.78 is 0. The Hall–Kier alpha value is -4.17. The maximum Gasteiger partial charge on any atom is 0.258 e. The number of thiazole rings is 1. The topological polar surface area (TPSA) is 87.7 Å². The maximum absolute atomic E-state index is 11.8. The third-order valence-electron chi connectivity index (χ3n) is 4.91. The average molecular weight is 427 g/mol. The van der Waals surface area contributed by atoms with Crippen LogP contribution in [0.2, 0.25) is 0 Å². The second-order valence-corrected chi connectivity index (χ2v) is 7.84. The van der Waals surface area contributed by atoms with Gasteiger partial charge in [-0.15, -0.1) is 11.3 Å². The van der Waals surface area contributed by atoms with Gasteiger partial charge in [-0.05, 0) is 42.0 Å². The predicted octanol–water partition coefficient (Wildman–Crippen LogP) is 3.34.